The third kappa shape index (κ3) is 3.02. The normalized spacial score (nSPS) is 19.1. The van der Waals surface area contributed by atoms with Gasteiger partial charge in [0.2, 0.25) is 0 Å². The van der Waals surface area contributed by atoms with Crippen molar-refractivity contribution in [1.82, 2.24) is 19.9 Å². The first kappa shape index (κ1) is 20.0. The molecule has 0 radical (unpaired) electrons. The zero-order valence-corrected chi connectivity index (χ0v) is 18.4. The molecule has 1 unspecified atom stereocenters. The first-order chi connectivity index (χ1) is 14.7. The maximum absolute atomic E-state index is 12.7. The molecule has 3 N–H and O–H groups in total. The SMILES string of the molecule is CC(C)(c1nc(-c2c(N)cnc3[nH]ccc23)nc2c1OCC1COCCN21)S(C)(=O)=O. The van der Waals surface area contributed by atoms with E-state index >= 15 is 0 Å². The molecule has 0 aliphatic carbocycles. The fourth-order valence-electron chi connectivity index (χ4n) is 3.99. The molecule has 2 aliphatic heterocycles. The summed E-state index contributed by atoms with van der Waals surface area (Å²) < 4.78 is 35.8. The largest absolute Gasteiger partial charge is 0.486 e. The number of pyridine rings is 1. The Morgan fingerprint density at radius 2 is 2.10 bits per heavy atom. The lowest BCUT2D eigenvalue weighted by molar-refractivity contribution is 0.0691. The third-order valence-corrected chi connectivity index (χ3v) is 8.15. The lowest BCUT2D eigenvalue weighted by Gasteiger charge is -2.41. The van der Waals surface area contributed by atoms with Crippen molar-refractivity contribution in [3.05, 3.63) is 24.2 Å². The van der Waals surface area contributed by atoms with Crippen molar-refractivity contribution >= 4 is 32.4 Å². The minimum atomic E-state index is -3.52. The van der Waals surface area contributed by atoms with E-state index in [0.717, 1.165) is 5.39 Å². The molecule has 11 heteroatoms. The second-order valence-corrected chi connectivity index (χ2v) is 11.0. The molecule has 0 aromatic carbocycles. The van der Waals surface area contributed by atoms with Gasteiger partial charge < -0.3 is 25.1 Å². The van der Waals surface area contributed by atoms with E-state index in [9.17, 15) is 8.42 Å². The Balaban J connectivity index is 1.82. The average molecular weight is 445 g/mol. The van der Waals surface area contributed by atoms with Gasteiger partial charge in [0.1, 0.15) is 22.7 Å². The van der Waals surface area contributed by atoms with Crippen LogP contribution in [0.5, 0.6) is 5.75 Å². The second kappa shape index (κ2) is 6.79. The minimum Gasteiger partial charge on any atom is -0.486 e. The molecule has 164 valence electrons. The summed E-state index contributed by atoms with van der Waals surface area (Å²) in [6, 6.07) is 1.85. The van der Waals surface area contributed by atoms with Gasteiger partial charge in [-0.3, -0.25) is 0 Å². The summed E-state index contributed by atoms with van der Waals surface area (Å²) >= 11 is 0. The van der Waals surface area contributed by atoms with Gasteiger partial charge in [-0.05, 0) is 19.9 Å². The van der Waals surface area contributed by atoms with Crippen LogP contribution in [0.4, 0.5) is 11.5 Å². The highest BCUT2D eigenvalue weighted by Gasteiger charge is 2.42. The average Bonchev–Trinajstić information content (AvgIpc) is 3.20. The summed E-state index contributed by atoms with van der Waals surface area (Å²) in [6.07, 6.45) is 4.51. The maximum Gasteiger partial charge on any atom is 0.185 e. The lowest BCUT2D eigenvalue weighted by atomic mass is 10.0. The molecule has 0 spiro atoms. The first-order valence-corrected chi connectivity index (χ1v) is 11.9. The molecule has 1 saturated heterocycles. The number of aromatic amines is 1. The summed E-state index contributed by atoms with van der Waals surface area (Å²) in [7, 11) is -3.52. The quantitative estimate of drug-likeness (QED) is 0.615. The Hall–Kier alpha value is -2.92. The highest BCUT2D eigenvalue weighted by molar-refractivity contribution is 7.91. The van der Waals surface area contributed by atoms with Gasteiger partial charge in [0.25, 0.3) is 0 Å². The van der Waals surface area contributed by atoms with E-state index in [0.29, 0.717) is 66.3 Å². The zero-order chi connectivity index (χ0) is 22.0. The number of nitrogen functional groups attached to an aromatic ring is 1. The van der Waals surface area contributed by atoms with Crippen LogP contribution in [-0.2, 0) is 19.3 Å². The molecule has 31 heavy (non-hydrogen) atoms. The van der Waals surface area contributed by atoms with Gasteiger partial charge in [-0.1, -0.05) is 0 Å². The van der Waals surface area contributed by atoms with Crippen molar-refractivity contribution in [2.45, 2.75) is 24.6 Å². The lowest BCUT2D eigenvalue weighted by Crippen LogP contribution is -2.52. The van der Waals surface area contributed by atoms with Crippen molar-refractivity contribution < 1.29 is 17.9 Å². The van der Waals surface area contributed by atoms with Crippen molar-refractivity contribution in [3.8, 4) is 17.1 Å². The molecule has 10 nitrogen and oxygen atoms in total. The predicted molar refractivity (Wildman–Crippen MR) is 117 cm³/mol. The third-order valence-electron chi connectivity index (χ3n) is 6.10. The standard InChI is InChI=1S/C20H24N6O4S/c1-20(2,31(3,27)28)16-15-19(26-6-7-29-9-11(26)10-30-15)25-18(24-16)14-12-4-5-22-17(12)23-8-13(14)21/h4-5,8,11H,6-7,9-10,21H2,1-3H3,(H,22,23). The van der Waals surface area contributed by atoms with Gasteiger partial charge >= 0.3 is 0 Å². The van der Waals surface area contributed by atoms with Crippen molar-refractivity contribution in [2.75, 3.05) is 43.3 Å². The van der Waals surface area contributed by atoms with E-state index in [1.54, 1.807) is 26.2 Å². The number of H-pyrrole nitrogens is 1. The molecule has 3 aromatic rings. The van der Waals surface area contributed by atoms with Crippen LogP contribution >= 0.6 is 0 Å². The van der Waals surface area contributed by atoms with Crippen molar-refractivity contribution in [1.29, 1.82) is 0 Å². The number of rotatable bonds is 3. The Kier molecular flexibility index (Phi) is 4.38. The van der Waals surface area contributed by atoms with Gasteiger partial charge in [-0.2, -0.15) is 0 Å². The zero-order valence-electron chi connectivity index (χ0n) is 17.5. The molecule has 2 aliphatic rings. The monoisotopic (exact) mass is 444 g/mol. The summed E-state index contributed by atoms with van der Waals surface area (Å²) in [5.41, 5.74) is 8.27. The summed E-state index contributed by atoms with van der Waals surface area (Å²) in [5.74, 6) is 1.30. The summed E-state index contributed by atoms with van der Waals surface area (Å²) in [5, 5.41) is 0.762. The predicted octanol–water partition coefficient (Wildman–Crippen LogP) is 1.48. The minimum absolute atomic E-state index is 0.000241. The number of fused-ring (bicyclic) bond motifs is 4. The van der Waals surface area contributed by atoms with E-state index in [-0.39, 0.29) is 6.04 Å². The molecule has 1 atom stereocenters. The second-order valence-electron chi connectivity index (χ2n) is 8.39. The molecule has 0 saturated carbocycles. The van der Waals surface area contributed by atoms with E-state index in [2.05, 4.69) is 14.9 Å². The molecular weight excluding hydrogens is 420 g/mol. The van der Waals surface area contributed by atoms with Gasteiger partial charge in [-0.25, -0.2) is 23.4 Å². The molecule has 5 rings (SSSR count). The van der Waals surface area contributed by atoms with Crippen LogP contribution < -0.4 is 15.4 Å². The van der Waals surface area contributed by atoms with Gasteiger partial charge in [-0.15, -0.1) is 0 Å². The van der Waals surface area contributed by atoms with Crippen molar-refractivity contribution in [3.63, 3.8) is 0 Å². The summed E-state index contributed by atoms with van der Waals surface area (Å²) in [6.45, 7) is 5.34. The molecule has 3 aromatic heterocycles. The molecule has 0 bridgehead atoms. The molecule has 1 fully saturated rings. The number of hydrogen-bond donors (Lipinski definition) is 2. The number of nitrogens with zero attached hydrogens (tertiary/aromatic N) is 4. The van der Waals surface area contributed by atoms with Crippen LogP contribution in [0, 0.1) is 0 Å². The number of nitrogens with two attached hydrogens (primary N) is 1. The molecule has 5 heterocycles. The fourth-order valence-corrected chi connectivity index (χ4v) is 4.48. The summed E-state index contributed by atoms with van der Waals surface area (Å²) in [4.78, 5) is 19.0. The van der Waals surface area contributed by atoms with Crippen LogP contribution in [-0.4, -0.2) is 67.0 Å². The van der Waals surface area contributed by atoms with Crippen LogP contribution in [0.1, 0.15) is 19.5 Å². The van der Waals surface area contributed by atoms with Gasteiger partial charge in [0.05, 0.1) is 36.7 Å². The highest BCUT2D eigenvalue weighted by Crippen LogP contribution is 2.44. The van der Waals surface area contributed by atoms with Crippen molar-refractivity contribution in [2.24, 2.45) is 0 Å². The molecule has 0 amide bonds. The maximum atomic E-state index is 12.7. The topological polar surface area (TPSA) is 136 Å². The fraction of sp³-hybridized carbons (Fsp3) is 0.450. The van der Waals surface area contributed by atoms with Crippen LogP contribution in [0.3, 0.4) is 0 Å². The van der Waals surface area contributed by atoms with Crippen LogP contribution in [0.15, 0.2) is 18.5 Å². The van der Waals surface area contributed by atoms with Crippen LogP contribution in [0.25, 0.3) is 22.4 Å². The number of sulfone groups is 1. The number of nitrogens with one attached hydrogen (secondary N) is 1. The Morgan fingerprint density at radius 1 is 1.29 bits per heavy atom. The highest BCUT2D eigenvalue weighted by atomic mass is 32.2. The Morgan fingerprint density at radius 3 is 2.87 bits per heavy atom. The Bertz CT molecular complexity index is 1290. The van der Waals surface area contributed by atoms with E-state index < -0.39 is 14.6 Å². The van der Waals surface area contributed by atoms with E-state index in [1.807, 2.05) is 6.07 Å². The number of morpholine rings is 1. The van der Waals surface area contributed by atoms with E-state index in [1.165, 1.54) is 6.26 Å². The van der Waals surface area contributed by atoms with E-state index in [4.69, 9.17) is 25.2 Å². The number of aromatic nitrogens is 4. The molecular formula is C20H24N6O4S. The first-order valence-electron chi connectivity index (χ1n) is 9.99. The van der Waals surface area contributed by atoms with Gasteiger partial charge in [0, 0.05) is 24.4 Å². The number of anilines is 2. The van der Waals surface area contributed by atoms with Gasteiger partial charge in [0.15, 0.2) is 27.2 Å². The number of hydrogen-bond acceptors (Lipinski definition) is 9. The smallest absolute Gasteiger partial charge is 0.185 e. The van der Waals surface area contributed by atoms with Crippen LogP contribution in [0.2, 0.25) is 0 Å². The Labute approximate surface area is 179 Å². The number of ether oxygens (including phenoxy) is 2.